The minimum absolute atomic E-state index is 0.300. The van der Waals surface area contributed by atoms with Crippen LogP contribution in [0.4, 0.5) is 0 Å². The van der Waals surface area contributed by atoms with Gasteiger partial charge in [-0.05, 0) is 43.0 Å². The lowest BCUT2D eigenvalue weighted by Gasteiger charge is -2.15. The third-order valence-electron chi connectivity index (χ3n) is 2.50. The first-order chi connectivity index (χ1) is 7.39. The number of rotatable bonds is 5. The second kappa shape index (κ2) is 5.83. The van der Waals surface area contributed by atoms with Crippen molar-refractivity contribution in [3.63, 3.8) is 0 Å². The molecular weight excluding hydrogens is 214 g/mol. The zero-order valence-corrected chi connectivity index (χ0v) is 12.1. The average Bonchev–Trinajstić information content (AvgIpc) is 2.59. The van der Waals surface area contributed by atoms with Gasteiger partial charge in [-0.3, -0.25) is 0 Å². The minimum Gasteiger partial charge on any atom is -0.316 e. The van der Waals surface area contributed by atoms with Gasteiger partial charge >= 0.3 is 0 Å². The number of hydrogen-bond donors (Lipinski definition) is 1. The van der Waals surface area contributed by atoms with Crippen molar-refractivity contribution in [2.75, 3.05) is 13.1 Å². The molecule has 0 bridgehead atoms. The molecule has 0 amide bonds. The maximum Gasteiger partial charge on any atom is 0.0102 e. The lowest BCUT2D eigenvalue weighted by molar-refractivity contribution is 0.555. The Bertz CT molecular complexity index is 307. The SMILES string of the molecule is CC(C)CNCCc1ccc(C(C)(C)C)s1. The molecule has 0 atom stereocenters. The third-order valence-corrected chi connectivity index (χ3v) is 4.07. The molecule has 0 spiro atoms. The summed E-state index contributed by atoms with van der Waals surface area (Å²) in [6.45, 7) is 13.5. The molecule has 1 nitrogen and oxygen atoms in total. The molecule has 0 aliphatic carbocycles. The van der Waals surface area contributed by atoms with Gasteiger partial charge in [0.2, 0.25) is 0 Å². The number of thiophene rings is 1. The highest BCUT2D eigenvalue weighted by molar-refractivity contribution is 7.12. The number of nitrogens with one attached hydrogen (secondary N) is 1. The van der Waals surface area contributed by atoms with Crippen LogP contribution in [0.15, 0.2) is 12.1 Å². The van der Waals surface area contributed by atoms with E-state index in [-0.39, 0.29) is 0 Å². The quantitative estimate of drug-likeness (QED) is 0.770. The summed E-state index contributed by atoms with van der Waals surface area (Å²) in [7, 11) is 0. The van der Waals surface area contributed by atoms with Gasteiger partial charge in [0.05, 0.1) is 0 Å². The van der Waals surface area contributed by atoms with Crippen LogP contribution < -0.4 is 5.32 Å². The van der Waals surface area contributed by atoms with Crippen molar-refractivity contribution in [2.24, 2.45) is 5.92 Å². The molecule has 1 N–H and O–H groups in total. The highest BCUT2D eigenvalue weighted by Crippen LogP contribution is 2.29. The van der Waals surface area contributed by atoms with Gasteiger partial charge in [-0.2, -0.15) is 0 Å². The van der Waals surface area contributed by atoms with Crippen molar-refractivity contribution in [1.29, 1.82) is 0 Å². The monoisotopic (exact) mass is 239 g/mol. The summed E-state index contributed by atoms with van der Waals surface area (Å²) in [5, 5.41) is 3.49. The minimum atomic E-state index is 0.300. The Labute approximate surface area is 104 Å². The Kier molecular flexibility index (Phi) is 5.00. The highest BCUT2D eigenvalue weighted by atomic mass is 32.1. The van der Waals surface area contributed by atoms with Crippen LogP contribution in [-0.2, 0) is 11.8 Å². The maximum atomic E-state index is 3.49. The van der Waals surface area contributed by atoms with Crippen molar-refractivity contribution >= 4 is 11.3 Å². The van der Waals surface area contributed by atoms with E-state index >= 15 is 0 Å². The fourth-order valence-electron chi connectivity index (χ4n) is 1.52. The first-order valence-corrected chi connectivity index (χ1v) is 7.01. The Morgan fingerprint density at radius 1 is 1.25 bits per heavy atom. The van der Waals surface area contributed by atoms with Gasteiger partial charge in [0, 0.05) is 9.75 Å². The van der Waals surface area contributed by atoms with Crippen LogP contribution in [0.2, 0.25) is 0 Å². The van der Waals surface area contributed by atoms with Gasteiger partial charge in [0.15, 0.2) is 0 Å². The molecule has 1 rings (SSSR count). The first kappa shape index (κ1) is 13.7. The predicted molar refractivity (Wildman–Crippen MR) is 74.4 cm³/mol. The summed E-state index contributed by atoms with van der Waals surface area (Å²) in [6.07, 6.45) is 1.16. The molecule has 92 valence electrons. The van der Waals surface area contributed by atoms with Crippen LogP contribution in [0.1, 0.15) is 44.4 Å². The molecule has 16 heavy (non-hydrogen) atoms. The average molecular weight is 239 g/mol. The van der Waals surface area contributed by atoms with E-state index < -0.39 is 0 Å². The standard InChI is InChI=1S/C14H25NS/c1-11(2)10-15-9-8-12-6-7-13(16-12)14(3,4)5/h6-7,11,15H,8-10H2,1-5H3. The molecule has 0 fully saturated rings. The highest BCUT2D eigenvalue weighted by Gasteiger charge is 2.15. The normalized spacial score (nSPS) is 12.4. The topological polar surface area (TPSA) is 12.0 Å². The van der Waals surface area contributed by atoms with Crippen molar-refractivity contribution in [2.45, 2.75) is 46.5 Å². The molecule has 0 saturated carbocycles. The zero-order valence-electron chi connectivity index (χ0n) is 11.3. The van der Waals surface area contributed by atoms with E-state index in [1.54, 1.807) is 0 Å². The summed E-state index contributed by atoms with van der Waals surface area (Å²) < 4.78 is 0. The van der Waals surface area contributed by atoms with E-state index in [1.165, 1.54) is 9.75 Å². The predicted octanol–water partition coefficient (Wildman–Crippen LogP) is 3.83. The van der Waals surface area contributed by atoms with Gasteiger partial charge in [-0.25, -0.2) is 0 Å². The van der Waals surface area contributed by atoms with Gasteiger partial charge in [0.25, 0.3) is 0 Å². The van der Waals surface area contributed by atoms with Crippen molar-refractivity contribution in [1.82, 2.24) is 5.32 Å². The van der Waals surface area contributed by atoms with E-state index in [9.17, 15) is 0 Å². The molecule has 1 aromatic heterocycles. The maximum absolute atomic E-state index is 3.49. The molecule has 0 radical (unpaired) electrons. The molecule has 2 heteroatoms. The summed E-state index contributed by atoms with van der Waals surface area (Å²) in [4.78, 5) is 2.99. The van der Waals surface area contributed by atoms with Crippen molar-refractivity contribution < 1.29 is 0 Å². The smallest absolute Gasteiger partial charge is 0.0102 e. The number of hydrogen-bond acceptors (Lipinski definition) is 2. The van der Waals surface area contributed by atoms with E-state index in [0.717, 1.165) is 25.4 Å². The van der Waals surface area contributed by atoms with Crippen molar-refractivity contribution in [3.8, 4) is 0 Å². The summed E-state index contributed by atoms with van der Waals surface area (Å²) in [6, 6.07) is 4.56. The molecule has 0 saturated heterocycles. The summed E-state index contributed by atoms with van der Waals surface area (Å²) in [5.74, 6) is 0.744. The Hall–Kier alpha value is -0.340. The summed E-state index contributed by atoms with van der Waals surface area (Å²) >= 11 is 1.96. The molecule has 1 heterocycles. The second-order valence-corrected chi connectivity index (χ2v) is 7.03. The fourth-order valence-corrected chi connectivity index (χ4v) is 2.58. The van der Waals surface area contributed by atoms with Crippen LogP contribution in [0.5, 0.6) is 0 Å². The van der Waals surface area contributed by atoms with E-state index in [4.69, 9.17) is 0 Å². The molecule has 0 aliphatic rings. The Morgan fingerprint density at radius 3 is 2.44 bits per heavy atom. The van der Waals surface area contributed by atoms with Crippen LogP contribution in [0.25, 0.3) is 0 Å². The first-order valence-electron chi connectivity index (χ1n) is 6.19. The molecule has 0 unspecified atom stereocenters. The van der Waals surface area contributed by atoms with E-state index in [0.29, 0.717) is 5.41 Å². The van der Waals surface area contributed by atoms with Crippen LogP contribution in [0, 0.1) is 5.92 Å². The Balaban J connectivity index is 2.36. The third kappa shape index (κ3) is 4.67. The van der Waals surface area contributed by atoms with Gasteiger partial charge < -0.3 is 5.32 Å². The van der Waals surface area contributed by atoms with Gasteiger partial charge in [-0.15, -0.1) is 11.3 Å². The molecular formula is C14H25NS. The lowest BCUT2D eigenvalue weighted by Crippen LogP contribution is -2.21. The molecule has 1 aromatic rings. The van der Waals surface area contributed by atoms with Crippen LogP contribution in [-0.4, -0.2) is 13.1 Å². The zero-order chi connectivity index (χ0) is 12.2. The van der Waals surface area contributed by atoms with Crippen LogP contribution >= 0.6 is 11.3 Å². The fraction of sp³-hybridized carbons (Fsp3) is 0.714. The largest absolute Gasteiger partial charge is 0.316 e. The molecule has 0 aromatic carbocycles. The summed E-state index contributed by atoms with van der Waals surface area (Å²) in [5.41, 5.74) is 0.300. The van der Waals surface area contributed by atoms with Gasteiger partial charge in [-0.1, -0.05) is 34.6 Å². The van der Waals surface area contributed by atoms with E-state index in [2.05, 4.69) is 52.1 Å². The molecule has 0 aliphatic heterocycles. The van der Waals surface area contributed by atoms with Crippen LogP contribution in [0.3, 0.4) is 0 Å². The van der Waals surface area contributed by atoms with Crippen molar-refractivity contribution in [3.05, 3.63) is 21.9 Å². The Morgan fingerprint density at radius 2 is 1.94 bits per heavy atom. The lowest BCUT2D eigenvalue weighted by atomic mass is 9.95. The van der Waals surface area contributed by atoms with Gasteiger partial charge in [0.1, 0.15) is 0 Å². The van der Waals surface area contributed by atoms with E-state index in [1.807, 2.05) is 11.3 Å². The second-order valence-electron chi connectivity index (χ2n) is 5.86.